The molecule has 102 heavy (non-hydrogen) atoms. The minimum absolute atomic E-state index is 0.0724. The van der Waals surface area contributed by atoms with Gasteiger partial charge in [0.1, 0.15) is 95.7 Å². The van der Waals surface area contributed by atoms with E-state index in [4.69, 9.17) is 67.8 Å². The second-order valence-corrected chi connectivity index (χ2v) is 26.8. The first kappa shape index (κ1) is 77.8. The molecule has 0 aromatic heterocycles. The quantitative estimate of drug-likeness (QED) is 0.0652. The summed E-state index contributed by atoms with van der Waals surface area (Å²) >= 11 is 14.1. The van der Waals surface area contributed by atoms with Crippen molar-refractivity contribution < 1.29 is 118 Å². The van der Waals surface area contributed by atoms with Gasteiger partial charge in [-0.05, 0) is 123 Å². The topological polar surface area (TPSA) is 526 Å². The van der Waals surface area contributed by atoms with Crippen molar-refractivity contribution >= 4 is 58.7 Å². The van der Waals surface area contributed by atoms with Crippen molar-refractivity contribution in [3.05, 3.63) is 117 Å². The largest absolute Gasteiger partial charge is 0.507 e. The number of carboxylic acid groups (broad SMARTS) is 1. The van der Waals surface area contributed by atoms with E-state index in [0.717, 1.165) is 48.5 Å². The fraction of sp³-hybridized carbons (Fsp3) is 0.463. The van der Waals surface area contributed by atoms with Crippen LogP contribution in [0.5, 0.6) is 46.0 Å². The molecule has 5 amide bonds. The zero-order valence-electron chi connectivity index (χ0n) is 55.9. The van der Waals surface area contributed by atoms with Crippen LogP contribution in [0, 0.1) is 5.92 Å². The smallest absolute Gasteiger partial charge is 0.325 e. The molecule has 5 aromatic carbocycles. The number of halogens is 2. The molecule has 22 N–H and O–H groups in total. The van der Waals surface area contributed by atoms with Gasteiger partial charge in [-0.1, -0.05) is 55.2 Å². The molecule has 35 heteroatoms. The van der Waals surface area contributed by atoms with Gasteiger partial charge in [0.25, 0.3) is 0 Å². The first-order chi connectivity index (χ1) is 48.2. The number of benzene rings is 5. The van der Waals surface area contributed by atoms with Gasteiger partial charge in [-0.25, -0.2) is 0 Å². The number of fused-ring (bicyclic) bond motifs is 16. The summed E-state index contributed by atoms with van der Waals surface area (Å²) in [5.74, 6) is -11.3. The Morgan fingerprint density at radius 3 is 1.96 bits per heavy atom. The number of aliphatic hydroxyl groups is 7. The van der Waals surface area contributed by atoms with Gasteiger partial charge < -0.3 is 127 Å². The van der Waals surface area contributed by atoms with Crippen LogP contribution in [0.3, 0.4) is 0 Å². The maximum absolute atomic E-state index is 15.7. The van der Waals surface area contributed by atoms with E-state index in [-0.39, 0.29) is 80.0 Å². The van der Waals surface area contributed by atoms with Crippen molar-refractivity contribution in [1.29, 1.82) is 0 Å². The Balaban J connectivity index is 1.32. The molecule has 0 aliphatic carbocycles. The number of aliphatic hydroxyl groups excluding tert-OH is 7. The fourth-order valence-electron chi connectivity index (χ4n) is 12.4. The highest BCUT2D eigenvalue weighted by Gasteiger charge is 2.51. The normalized spacial score (nSPS) is 29.7. The number of rotatable bonds is 15. The minimum atomic E-state index is -2.22. The highest BCUT2D eigenvalue weighted by atomic mass is 35.5. The number of ether oxygens (including phenoxy) is 7. The molecule has 2 fully saturated rings. The number of aromatic hydroxyl groups is 2. The third-order valence-electron chi connectivity index (χ3n) is 18.0. The molecule has 6 aliphatic heterocycles. The number of hydrogen-bond donors (Lipinski definition) is 20. The number of aliphatic carboxylic acids is 1. The summed E-state index contributed by atoms with van der Waals surface area (Å²) in [4.78, 5) is 86.3. The van der Waals surface area contributed by atoms with E-state index in [1.165, 1.54) is 65.3 Å². The third kappa shape index (κ3) is 17.2. The summed E-state index contributed by atoms with van der Waals surface area (Å²) in [7, 11) is 2.70. The lowest BCUT2D eigenvalue weighted by Crippen LogP contribution is -2.64. The molecule has 5 aromatic rings. The van der Waals surface area contributed by atoms with Crippen LogP contribution in [0.4, 0.5) is 0 Å². The minimum Gasteiger partial charge on any atom is -0.507 e. The molecule has 2 saturated heterocycles. The number of carbonyl (C=O) groups is 6. The predicted octanol–water partition coefficient (Wildman–Crippen LogP) is 1.07. The van der Waals surface area contributed by atoms with Gasteiger partial charge in [0.15, 0.2) is 23.9 Å². The lowest BCUT2D eigenvalue weighted by molar-refractivity contribution is -0.333. The second-order valence-electron chi connectivity index (χ2n) is 26.0. The maximum atomic E-state index is 15.7. The highest BCUT2D eigenvalue weighted by Crippen LogP contribution is 2.50. The zero-order chi connectivity index (χ0) is 74.7. The monoisotopic (exact) mass is 1470 g/mol. The number of amides is 5. The Morgan fingerprint density at radius 2 is 1.40 bits per heavy atom. The van der Waals surface area contributed by atoms with E-state index in [9.17, 15) is 75.5 Å². The molecular formula is C67H83Cl2N9O24. The van der Waals surface area contributed by atoms with Crippen LogP contribution in [0.1, 0.15) is 112 Å². The van der Waals surface area contributed by atoms with Crippen molar-refractivity contribution in [2.45, 2.75) is 169 Å². The SMILES string of the molecule is CN[C@H](CC(C)C)C(=O)NC1C(=O)N[C@@H](CC(N)=O)C(=O)N[C@H]2C(=O)N[C@@H](C)c3ccc(O)c(c3)-c3c(O)cc(OC)cc3[C@@H](C(=O)O)N[C@H](O)[C@@H](NO)[C@H](O)c3ccc(c(Cl)c3)Oc3cc2cc(c3OC2O[C@H](CO)[C@@H](O)[C@H](O)[C@H]2O[C@H]2C[C@](C)(N)[C@H](O)[C@H](C)O2)Oc2ccc(cc2Cl)[C@H]1O. The van der Waals surface area contributed by atoms with Crippen molar-refractivity contribution in [2.24, 2.45) is 17.4 Å². The third-order valence-corrected chi connectivity index (χ3v) is 18.5. The van der Waals surface area contributed by atoms with E-state index in [1.54, 1.807) is 5.48 Å². The van der Waals surface area contributed by atoms with E-state index in [2.05, 4.69) is 31.9 Å². The molecular weight excluding hydrogens is 1390 g/mol. The van der Waals surface area contributed by atoms with Crippen molar-refractivity contribution in [3.8, 4) is 57.1 Å². The van der Waals surface area contributed by atoms with Crippen molar-refractivity contribution in [2.75, 3.05) is 20.8 Å². The molecule has 6 aliphatic rings. The number of phenolic OH excluding ortho intramolecular Hbond substituents is 2. The highest BCUT2D eigenvalue weighted by molar-refractivity contribution is 6.32. The van der Waals surface area contributed by atoms with Crippen LogP contribution in [-0.4, -0.2) is 198 Å². The van der Waals surface area contributed by atoms with E-state index in [1.807, 2.05) is 13.8 Å². The summed E-state index contributed by atoms with van der Waals surface area (Å²) < 4.78 is 43.8. The molecule has 0 spiro atoms. The van der Waals surface area contributed by atoms with Crippen LogP contribution >= 0.6 is 23.2 Å². The zero-order valence-corrected chi connectivity index (χ0v) is 57.5. The number of methoxy groups -OCH3 is 1. The van der Waals surface area contributed by atoms with Gasteiger partial charge >= 0.3 is 5.97 Å². The van der Waals surface area contributed by atoms with Gasteiger partial charge in [-0.15, -0.1) is 0 Å². The number of carboxylic acids is 1. The molecule has 554 valence electrons. The first-order valence-corrected chi connectivity index (χ1v) is 33.0. The molecule has 9 bridgehead atoms. The van der Waals surface area contributed by atoms with E-state index in [0.29, 0.717) is 0 Å². The number of hydroxylamine groups is 1. The summed E-state index contributed by atoms with van der Waals surface area (Å²) in [6.45, 7) is 7.17. The number of likely N-dealkylation sites (N-methyl/N-ethyl adjacent to an activating group) is 1. The van der Waals surface area contributed by atoms with Gasteiger partial charge in [0.05, 0.1) is 54.5 Å². The molecule has 33 nitrogen and oxygen atoms in total. The molecule has 11 rings (SSSR count). The van der Waals surface area contributed by atoms with Crippen LogP contribution in [-0.2, 0) is 43.0 Å². The lowest BCUT2D eigenvalue weighted by atomic mass is 9.86. The molecule has 19 atom stereocenters. The number of carbonyl (C=O) groups excluding carboxylic acids is 5. The maximum Gasteiger partial charge on any atom is 0.325 e. The fourth-order valence-corrected chi connectivity index (χ4v) is 12.9. The number of primary amides is 1. The van der Waals surface area contributed by atoms with Crippen LogP contribution in [0.2, 0.25) is 10.0 Å². The van der Waals surface area contributed by atoms with Gasteiger partial charge in [0.2, 0.25) is 41.6 Å². The molecule has 6 heterocycles. The Bertz CT molecular complexity index is 3930. The summed E-state index contributed by atoms with van der Waals surface area (Å²) in [5.41, 5.74) is 11.0. The number of nitrogens with one attached hydrogen (secondary N) is 7. The molecule has 0 radical (unpaired) electrons. The van der Waals surface area contributed by atoms with Crippen LogP contribution < -0.4 is 67.8 Å². The Morgan fingerprint density at radius 1 is 0.775 bits per heavy atom. The standard InChI is InChI=1S/C67H83Cl2N9O24/c1-25(2)14-37(72-6)60(88)77-51-53(83)29-9-12-41(35(68)16-29)98-43-18-31-19-44(57(43)102-66-58(56(86)55(85)45(24-79)100-66)101-47-23-67(5,71)59(87)27(4)97-47)99-42-13-10-30(17-36(42)69)54(84)52(78-95)64(92)76-50(65(93)94)34-20-32(96-7)21-40(81)48(34)33-15-28(8-11-39(33)80)26(3)73-62(90)49(31)75-61(89)38(22-46(70)82)74-63(51)91/h8-13,15-21,25-27,37-38,45,47,49-56,58-59,64,66,72,76,78-81,83-87,92,95H,14,22-24,71H2,1-7H3,(H2,70,82)(H,73,90)(H,74,91)(H,75,89)(H,77,88)(H,93,94)/t26-,27-,37+,38-,45+,47-,49+,50-,51?,52-,53+,54+,55+,56-,58+,59+,64+,66?,67-/m0/s1. The van der Waals surface area contributed by atoms with Gasteiger partial charge in [-0.2, -0.15) is 5.48 Å². The molecule has 0 saturated carbocycles. The first-order valence-electron chi connectivity index (χ1n) is 32.2. The number of nitrogens with two attached hydrogens (primary N) is 2. The van der Waals surface area contributed by atoms with Gasteiger partial charge in [0, 0.05) is 29.2 Å². The van der Waals surface area contributed by atoms with Crippen molar-refractivity contribution in [1.82, 2.24) is 37.4 Å². The summed E-state index contributed by atoms with van der Waals surface area (Å²) in [6.07, 6.45) is -20.3. The predicted molar refractivity (Wildman–Crippen MR) is 358 cm³/mol. The number of hydrogen-bond acceptors (Lipinski definition) is 27. The van der Waals surface area contributed by atoms with E-state index >= 15 is 9.59 Å². The van der Waals surface area contributed by atoms with Crippen molar-refractivity contribution in [3.63, 3.8) is 0 Å². The Hall–Kier alpha value is -8.30. The lowest BCUT2D eigenvalue weighted by Gasteiger charge is -2.47. The van der Waals surface area contributed by atoms with E-state index < -0.39 is 198 Å². The number of phenols is 2. The van der Waals surface area contributed by atoms with Crippen LogP contribution in [0.15, 0.2) is 78.9 Å². The molecule has 2 unspecified atom stereocenters. The Kier molecular flexibility index (Phi) is 24.9. The average Bonchev–Trinajstić information content (AvgIpc) is 0.771. The van der Waals surface area contributed by atoms with Gasteiger partial charge in [-0.3, -0.25) is 34.1 Å². The summed E-state index contributed by atoms with van der Waals surface area (Å²) in [5, 5.41) is 141. The van der Waals surface area contributed by atoms with Crippen LogP contribution in [0.25, 0.3) is 11.1 Å². The average molecular weight is 1470 g/mol. The summed E-state index contributed by atoms with van der Waals surface area (Å²) in [6, 6.07) is 2.81. The second kappa shape index (κ2) is 32.6. The Labute approximate surface area is 593 Å².